The van der Waals surface area contributed by atoms with E-state index in [0.29, 0.717) is 28.5 Å². The summed E-state index contributed by atoms with van der Waals surface area (Å²) in [5.41, 5.74) is -0.305. The molecule has 0 fully saturated rings. The third-order valence-electron chi connectivity index (χ3n) is 5.70. The Bertz CT molecular complexity index is 1480. The van der Waals surface area contributed by atoms with Gasteiger partial charge in [-0.2, -0.15) is 0 Å². The Hall–Kier alpha value is -4.53. The van der Waals surface area contributed by atoms with Crippen LogP contribution in [0.5, 0.6) is 23.0 Å². The van der Waals surface area contributed by atoms with Gasteiger partial charge in [0, 0.05) is 29.9 Å². The van der Waals surface area contributed by atoms with E-state index in [-0.39, 0.29) is 11.1 Å². The summed E-state index contributed by atoms with van der Waals surface area (Å²) in [6.45, 7) is 0. The van der Waals surface area contributed by atoms with E-state index >= 15 is 0 Å². The molecule has 1 N–H and O–H groups in total. The molecule has 0 aliphatic heterocycles. The van der Waals surface area contributed by atoms with Crippen molar-refractivity contribution in [1.82, 2.24) is 4.57 Å². The number of amides is 1. The second-order valence-electron chi connectivity index (χ2n) is 7.63. The van der Waals surface area contributed by atoms with Crippen LogP contribution in [0.15, 0.2) is 65.5 Å². The first kappa shape index (κ1) is 23.6. The summed E-state index contributed by atoms with van der Waals surface area (Å²) in [6, 6.07) is 15.0. The molecule has 1 amide bonds. The number of rotatable bonds is 6. The zero-order valence-electron chi connectivity index (χ0n) is 19.5. The molecule has 0 spiro atoms. The number of aromatic nitrogens is 1. The number of nitrogens with zero attached hydrogens (tertiary/aromatic N) is 2. The summed E-state index contributed by atoms with van der Waals surface area (Å²) in [7, 11) is 5.80. The molecule has 4 aromatic rings. The molecule has 9 heteroatoms. The van der Waals surface area contributed by atoms with Gasteiger partial charge in [-0.1, -0.05) is 6.07 Å². The average Bonchev–Trinajstić information content (AvgIpc) is 2.87. The van der Waals surface area contributed by atoms with Crippen molar-refractivity contribution in [3.63, 3.8) is 0 Å². The second kappa shape index (κ2) is 9.38. The Morgan fingerprint density at radius 3 is 2.20 bits per heavy atom. The zero-order valence-corrected chi connectivity index (χ0v) is 19.5. The number of anilines is 1. The van der Waals surface area contributed by atoms with Crippen LogP contribution in [-0.4, -0.2) is 44.0 Å². The lowest BCUT2D eigenvalue weighted by molar-refractivity contribution is 0.0989. The maximum absolute atomic E-state index is 13.8. The maximum atomic E-state index is 13.8. The molecule has 180 valence electrons. The van der Waals surface area contributed by atoms with Gasteiger partial charge >= 0.3 is 0 Å². The quantitative estimate of drug-likeness (QED) is 0.448. The number of hydrogen-bond donors (Lipinski definition) is 1. The topological polar surface area (TPSA) is 90.2 Å². The summed E-state index contributed by atoms with van der Waals surface area (Å²) in [6.07, 6.45) is 0. The fourth-order valence-corrected chi connectivity index (χ4v) is 3.85. The Balaban J connectivity index is 2.04. The molecule has 0 aliphatic carbocycles. The number of hydrogen-bond acceptors (Lipinski definition) is 6. The second-order valence-corrected chi connectivity index (χ2v) is 7.63. The minimum absolute atomic E-state index is 0.189. The van der Waals surface area contributed by atoms with E-state index in [1.807, 2.05) is 0 Å². The lowest BCUT2D eigenvalue weighted by atomic mass is 10.1. The molecule has 0 bridgehead atoms. The standard InChI is InChI=1S/C26H23FN2O6/c1-28(17-7-5-6-15(27)12-17)25(31)23-24(30)19-13-21(34-3)22(35-4)14-20(19)29(26(23)32)16-8-10-18(33-2)11-9-16/h5-14,30H,1-4H3. The molecule has 35 heavy (non-hydrogen) atoms. The number of carbonyl (C=O) groups is 1. The van der Waals surface area contributed by atoms with Crippen LogP contribution in [0, 0.1) is 5.82 Å². The van der Waals surface area contributed by atoms with Gasteiger partial charge in [-0.3, -0.25) is 14.2 Å². The Labute approximate surface area is 200 Å². The van der Waals surface area contributed by atoms with Crippen molar-refractivity contribution in [3.05, 3.63) is 82.4 Å². The van der Waals surface area contributed by atoms with Gasteiger partial charge in [-0.25, -0.2) is 4.39 Å². The third kappa shape index (κ3) is 4.12. The molecule has 3 aromatic carbocycles. The molecule has 0 saturated carbocycles. The molecule has 0 radical (unpaired) electrons. The van der Waals surface area contributed by atoms with Crippen molar-refractivity contribution in [3.8, 4) is 28.7 Å². The number of halogens is 1. The lowest BCUT2D eigenvalue weighted by Gasteiger charge is -2.21. The van der Waals surface area contributed by atoms with Gasteiger partial charge in [0.25, 0.3) is 11.5 Å². The molecule has 4 rings (SSSR count). The zero-order chi connectivity index (χ0) is 25.3. The van der Waals surface area contributed by atoms with E-state index in [2.05, 4.69) is 0 Å². The van der Waals surface area contributed by atoms with Crippen LogP contribution in [0.3, 0.4) is 0 Å². The number of ether oxygens (including phenoxy) is 3. The van der Waals surface area contributed by atoms with Crippen LogP contribution < -0.4 is 24.7 Å². The number of aromatic hydroxyl groups is 1. The number of pyridine rings is 1. The normalized spacial score (nSPS) is 10.8. The highest BCUT2D eigenvalue weighted by Gasteiger charge is 2.27. The summed E-state index contributed by atoms with van der Waals surface area (Å²) in [5.74, 6) is -0.672. The van der Waals surface area contributed by atoms with Crippen LogP contribution in [-0.2, 0) is 0 Å². The van der Waals surface area contributed by atoms with Crippen molar-refractivity contribution in [2.45, 2.75) is 0 Å². The molecular weight excluding hydrogens is 455 g/mol. The van der Waals surface area contributed by atoms with E-state index < -0.39 is 28.6 Å². The van der Waals surface area contributed by atoms with Gasteiger partial charge in [0.1, 0.15) is 22.9 Å². The van der Waals surface area contributed by atoms with Crippen LogP contribution >= 0.6 is 0 Å². The fraction of sp³-hybridized carbons (Fsp3) is 0.154. The Morgan fingerprint density at radius 1 is 0.943 bits per heavy atom. The predicted molar refractivity (Wildman–Crippen MR) is 130 cm³/mol. The predicted octanol–water partition coefficient (Wildman–Crippen LogP) is 4.14. The van der Waals surface area contributed by atoms with Crippen molar-refractivity contribution in [1.29, 1.82) is 0 Å². The lowest BCUT2D eigenvalue weighted by Crippen LogP contribution is -2.34. The van der Waals surface area contributed by atoms with Crippen molar-refractivity contribution in [2.24, 2.45) is 0 Å². The van der Waals surface area contributed by atoms with Gasteiger partial charge in [0.2, 0.25) is 0 Å². The molecule has 0 atom stereocenters. The fourth-order valence-electron chi connectivity index (χ4n) is 3.85. The highest BCUT2D eigenvalue weighted by atomic mass is 19.1. The van der Waals surface area contributed by atoms with E-state index in [9.17, 15) is 19.1 Å². The largest absolute Gasteiger partial charge is 0.506 e. The summed E-state index contributed by atoms with van der Waals surface area (Å²) in [4.78, 5) is 28.3. The highest BCUT2D eigenvalue weighted by molar-refractivity contribution is 6.10. The molecule has 0 saturated heterocycles. The smallest absolute Gasteiger partial charge is 0.272 e. The first-order valence-corrected chi connectivity index (χ1v) is 10.5. The van der Waals surface area contributed by atoms with Crippen molar-refractivity contribution in [2.75, 3.05) is 33.3 Å². The van der Waals surface area contributed by atoms with Gasteiger partial charge in [-0.15, -0.1) is 0 Å². The first-order valence-electron chi connectivity index (χ1n) is 10.5. The molecule has 0 unspecified atom stereocenters. The van der Waals surface area contributed by atoms with Crippen molar-refractivity contribution < 1.29 is 28.5 Å². The molecule has 0 aliphatic rings. The van der Waals surface area contributed by atoms with Crippen LogP contribution in [0.2, 0.25) is 0 Å². The van der Waals surface area contributed by atoms with Gasteiger partial charge in [-0.05, 0) is 48.5 Å². The van der Waals surface area contributed by atoms with Gasteiger partial charge in [0.05, 0.1) is 26.8 Å². The molecular formula is C26H23FN2O6. The SMILES string of the molecule is COc1ccc(-n2c(=O)c(C(=O)N(C)c3cccc(F)c3)c(O)c3cc(OC)c(OC)cc32)cc1. The van der Waals surface area contributed by atoms with E-state index in [4.69, 9.17) is 14.2 Å². The van der Waals surface area contributed by atoms with Crippen LogP contribution in [0.25, 0.3) is 16.6 Å². The van der Waals surface area contributed by atoms with Crippen LogP contribution in [0.1, 0.15) is 10.4 Å². The van der Waals surface area contributed by atoms with Crippen LogP contribution in [0.4, 0.5) is 10.1 Å². The number of fused-ring (bicyclic) bond motifs is 1. The van der Waals surface area contributed by atoms with E-state index in [1.54, 1.807) is 30.3 Å². The minimum atomic E-state index is -0.808. The summed E-state index contributed by atoms with van der Waals surface area (Å²) < 4.78 is 31.0. The van der Waals surface area contributed by atoms with Gasteiger partial charge < -0.3 is 24.2 Å². The Kier molecular flexibility index (Phi) is 6.33. The van der Waals surface area contributed by atoms with E-state index in [0.717, 1.165) is 11.0 Å². The maximum Gasteiger partial charge on any atom is 0.272 e. The van der Waals surface area contributed by atoms with E-state index in [1.165, 1.54) is 57.2 Å². The minimum Gasteiger partial charge on any atom is -0.506 e. The molecule has 8 nitrogen and oxygen atoms in total. The summed E-state index contributed by atoms with van der Waals surface area (Å²) >= 11 is 0. The number of carbonyl (C=O) groups excluding carboxylic acids is 1. The molecule has 1 heterocycles. The Morgan fingerprint density at radius 2 is 1.60 bits per heavy atom. The summed E-state index contributed by atoms with van der Waals surface area (Å²) in [5, 5.41) is 11.3. The van der Waals surface area contributed by atoms with Gasteiger partial charge in [0.15, 0.2) is 11.5 Å². The number of methoxy groups -OCH3 is 3. The highest BCUT2D eigenvalue weighted by Crippen LogP contribution is 2.38. The average molecular weight is 478 g/mol. The van der Waals surface area contributed by atoms with Crippen molar-refractivity contribution >= 4 is 22.5 Å². The molecule has 1 aromatic heterocycles. The third-order valence-corrected chi connectivity index (χ3v) is 5.70. The monoisotopic (exact) mass is 478 g/mol. The first-order chi connectivity index (χ1) is 16.8. The number of benzene rings is 3.